The minimum Gasteiger partial charge on any atom is -0.480 e. The number of carbonyl (C=O) groups excluding carboxylic acids is 1. The fraction of sp³-hybridized carbons (Fsp3) is 0.385. The van der Waals surface area contributed by atoms with E-state index in [4.69, 9.17) is 5.11 Å². The van der Waals surface area contributed by atoms with Crippen LogP contribution < -0.4 is 5.32 Å². The normalized spacial score (nSPS) is 11.9. The molecule has 0 aromatic heterocycles. The summed E-state index contributed by atoms with van der Waals surface area (Å²) in [5.74, 6) is -1.25. The summed E-state index contributed by atoms with van der Waals surface area (Å²) in [6, 6.07) is 7.09. The Morgan fingerprint density at radius 3 is 2.71 bits per heavy atom. The zero-order valence-corrected chi connectivity index (χ0v) is 10.1. The minimum atomic E-state index is -1.02. The van der Waals surface area contributed by atoms with Gasteiger partial charge in [-0.05, 0) is 25.8 Å². The Hall–Kier alpha value is -1.84. The van der Waals surface area contributed by atoms with E-state index in [0.29, 0.717) is 12.8 Å². The van der Waals surface area contributed by atoms with Gasteiger partial charge in [-0.2, -0.15) is 0 Å². The van der Waals surface area contributed by atoms with E-state index >= 15 is 0 Å². The molecule has 17 heavy (non-hydrogen) atoms. The van der Waals surface area contributed by atoms with Crippen LogP contribution in [0.4, 0.5) is 0 Å². The number of carbonyl (C=O) groups is 2. The van der Waals surface area contributed by atoms with Crippen LogP contribution in [0.1, 0.15) is 24.5 Å². The third-order valence-electron chi connectivity index (χ3n) is 2.47. The van der Waals surface area contributed by atoms with Crippen molar-refractivity contribution in [2.24, 2.45) is 0 Å². The first kappa shape index (κ1) is 13.2. The molecule has 0 aliphatic rings. The molecule has 1 aromatic carbocycles. The van der Waals surface area contributed by atoms with Crippen molar-refractivity contribution in [3.63, 3.8) is 0 Å². The molecule has 0 aliphatic heterocycles. The number of hydrogen-bond acceptors (Lipinski definition) is 2. The standard InChI is InChI=1S/C13H17NO3/c1-9-4-3-5-11(8-9)6-7-12(15)14-10(2)13(16)17/h3-5,8,10H,6-7H2,1-2H3,(H,14,15)(H,16,17). The molecule has 0 saturated heterocycles. The summed E-state index contributed by atoms with van der Waals surface area (Å²) in [5, 5.41) is 11.1. The third kappa shape index (κ3) is 4.68. The van der Waals surface area contributed by atoms with E-state index in [1.54, 1.807) is 0 Å². The van der Waals surface area contributed by atoms with Gasteiger partial charge >= 0.3 is 5.97 Å². The molecule has 0 bridgehead atoms. The summed E-state index contributed by atoms with van der Waals surface area (Å²) in [4.78, 5) is 22.0. The quantitative estimate of drug-likeness (QED) is 0.813. The number of carboxylic acids is 1. The number of aliphatic carboxylic acids is 1. The lowest BCUT2D eigenvalue weighted by atomic mass is 10.1. The van der Waals surface area contributed by atoms with Gasteiger partial charge in [0, 0.05) is 6.42 Å². The molecular weight excluding hydrogens is 218 g/mol. The van der Waals surface area contributed by atoms with Gasteiger partial charge in [0.05, 0.1) is 0 Å². The van der Waals surface area contributed by atoms with Crippen molar-refractivity contribution in [1.82, 2.24) is 5.32 Å². The van der Waals surface area contributed by atoms with Crippen LogP contribution in [-0.2, 0) is 16.0 Å². The lowest BCUT2D eigenvalue weighted by molar-refractivity contribution is -0.141. The van der Waals surface area contributed by atoms with Crippen LogP contribution in [0.5, 0.6) is 0 Å². The fourth-order valence-electron chi connectivity index (χ4n) is 1.50. The van der Waals surface area contributed by atoms with E-state index in [2.05, 4.69) is 5.32 Å². The monoisotopic (exact) mass is 235 g/mol. The molecule has 0 spiro atoms. The summed E-state index contributed by atoms with van der Waals surface area (Å²) >= 11 is 0. The van der Waals surface area contributed by atoms with Crippen LogP contribution in [0.2, 0.25) is 0 Å². The van der Waals surface area contributed by atoms with Gasteiger partial charge in [-0.25, -0.2) is 0 Å². The number of aryl methyl sites for hydroxylation is 2. The van der Waals surface area contributed by atoms with Gasteiger partial charge in [-0.15, -0.1) is 0 Å². The average molecular weight is 235 g/mol. The number of nitrogens with one attached hydrogen (secondary N) is 1. The maximum absolute atomic E-state index is 11.4. The highest BCUT2D eigenvalue weighted by Gasteiger charge is 2.13. The topological polar surface area (TPSA) is 66.4 Å². The predicted octanol–water partition coefficient (Wildman–Crippen LogP) is 1.52. The summed E-state index contributed by atoms with van der Waals surface area (Å²) < 4.78 is 0. The van der Waals surface area contributed by atoms with Gasteiger partial charge in [0.25, 0.3) is 0 Å². The second kappa shape index (κ2) is 6.03. The molecule has 1 amide bonds. The fourth-order valence-corrected chi connectivity index (χ4v) is 1.50. The van der Waals surface area contributed by atoms with E-state index < -0.39 is 12.0 Å². The van der Waals surface area contributed by atoms with Crippen LogP contribution in [0.3, 0.4) is 0 Å². The molecule has 0 aliphatic carbocycles. The van der Waals surface area contributed by atoms with E-state index in [-0.39, 0.29) is 5.91 Å². The largest absolute Gasteiger partial charge is 0.480 e. The second-order valence-corrected chi connectivity index (χ2v) is 4.12. The molecular formula is C13H17NO3. The molecule has 1 atom stereocenters. The molecule has 4 nitrogen and oxygen atoms in total. The molecule has 92 valence electrons. The van der Waals surface area contributed by atoms with Crippen LogP contribution >= 0.6 is 0 Å². The van der Waals surface area contributed by atoms with Gasteiger partial charge in [-0.1, -0.05) is 29.8 Å². The highest BCUT2D eigenvalue weighted by atomic mass is 16.4. The average Bonchev–Trinajstić information content (AvgIpc) is 2.26. The lowest BCUT2D eigenvalue weighted by Crippen LogP contribution is -2.38. The molecule has 2 N–H and O–H groups in total. The first-order chi connectivity index (χ1) is 7.99. The molecule has 0 heterocycles. The van der Waals surface area contributed by atoms with Crippen LogP contribution in [0.25, 0.3) is 0 Å². The van der Waals surface area contributed by atoms with Crippen molar-refractivity contribution in [2.45, 2.75) is 32.7 Å². The highest BCUT2D eigenvalue weighted by molar-refractivity contribution is 5.83. The first-order valence-electron chi connectivity index (χ1n) is 5.57. The van der Waals surface area contributed by atoms with Gasteiger partial charge < -0.3 is 10.4 Å². The van der Waals surface area contributed by atoms with Gasteiger partial charge in [-0.3, -0.25) is 9.59 Å². The molecule has 0 radical (unpaired) electrons. The number of rotatable bonds is 5. The Morgan fingerprint density at radius 2 is 2.12 bits per heavy atom. The van der Waals surface area contributed by atoms with Crippen LogP contribution in [0, 0.1) is 6.92 Å². The maximum Gasteiger partial charge on any atom is 0.325 e. The van der Waals surface area contributed by atoms with E-state index in [1.807, 2.05) is 31.2 Å². The van der Waals surface area contributed by atoms with Crippen LogP contribution in [-0.4, -0.2) is 23.0 Å². The minimum absolute atomic E-state index is 0.235. The van der Waals surface area contributed by atoms with Crippen molar-refractivity contribution in [1.29, 1.82) is 0 Å². The third-order valence-corrected chi connectivity index (χ3v) is 2.47. The number of amides is 1. The van der Waals surface area contributed by atoms with Crippen LogP contribution in [0.15, 0.2) is 24.3 Å². The van der Waals surface area contributed by atoms with E-state index in [0.717, 1.165) is 11.1 Å². The summed E-state index contributed by atoms with van der Waals surface area (Å²) in [5.41, 5.74) is 2.24. The van der Waals surface area contributed by atoms with Gasteiger partial charge in [0.15, 0.2) is 0 Å². The van der Waals surface area contributed by atoms with E-state index in [1.165, 1.54) is 6.92 Å². The zero-order valence-electron chi connectivity index (χ0n) is 10.1. The number of hydrogen-bond donors (Lipinski definition) is 2. The van der Waals surface area contributed by atoms with Crippen molar-refractivity contribution in [3.05, 3.63) is 35.4 Å². The highest BCUT2D eigenvalue weighted by Crippen LogP contribution is 2.06. The molecule has 1 unspecified atom stereocenters. The molecule has 0 fully saturated rings. The summed E-state index contributed by atoms with van der Waals surface area (Å²) in [6.07, 6.45) is 0.931. The Labute approximate surface area is 101 Å². The van der Waals surface area contributed by atoms with Gasteiger partial charge in [0.2, 0.25) is 5.91 Å². The Kier molecular flexibility index (Phi) is 4.69. The van der Waals surface area contributed by atoms with Crippen molar-refractivity contribution >= 4 is 11.9 Å². The smallest absolute Gasteiger partial charge is 0.325 e. The Balaban J connectivity index is 2.41. The zero-order chi connectivity index (χ0) is 12.8. The Bertz CT molecular complexity index is 415. The van der Waals surface area contributed by atoms with Crippen molar-refractivity contribution in [2.75, 3.05) is 0 Å². The number of benzene rings is 1. The summed E-state index contributed by atoms with van der Waals surface area (Å²) in [7, 11) is 0. The van der Waals surface area contributed by atoms with Crippen molar-refractivity contribution in [3.8, 4) is 0 Å². The Morgan fingerprint density at radius 1 is 1.41 bits per heavy atom. The second-order valence-electron chi connectivity index (χ2n) is 4.12. The summed E-state index contributed by atoms with van der Waals surface area (Å²) in [6.45, 7) is 3.45. The van der Waals surface area contributed by atoms with E-state index in [9.17, 15) is 9.59 Å². The molecule has 0 saturated carbocycles. The molecule has 1 rings (SSSR count). The SMILES string of the molecule is Cc1cccc(CCC(=O)NC(C)C(=O)O)c1. The lowest BCUT2D eigenvalue weighted by Gasteiger charge is -2.09. The van der Waals surface area contributed by atoms with Crippen molar-refractivity contribution < 1.29 is 14.7 Å². The molecule has 1 aromatic rings. The van der Waals surface area contributed by atoms with Gasteiger partial charge in [0.1, 0.15) is 6.04 Å². The molecule has 4 heteroatoms. The predicted molar refractivity (Wildman–Crippen MR) is 64.7 cm³/mol. The maximum atomic E-state index is 11.4. The number of carboxylic acid groups (broad SMARTS) is 1. The first-order valence-corrected chi connectivity index (χ1v) is 5.57.